The van der Waals surface area contributed by atoms with Crippen LogP contribution >= 0.6 is 0 Å². The average Bonchev–Trinajstić information content (AvgIpc) is 2.80. The van der Waals surface area contributed by atoms with E-state index in [1.54, 1.807) is 0 Å². The van der Waals surface area contributed by atoms with Crippen LogP contribution in [0.1, 0.15) is 22.3 Å². The molecule has 1 aromatic rings. The third-order valence-electron chi connectivity index (χ3n) is 3.60. The van der Waals surface area contributed by atoms with E-state index in [9.17, 15) is 18.7 Å². The summed E-state index contributed by atoms with van der Waals surface area (Å²) in [6.45, 7) is 2.53. The zero-order valence-electron chi connectivity index (χ0n) is 11.5. The maximum atomic E-state index is 13.9. The predicted molar refractivity (Wildman–Crippen MR) is 70.5 cm³/mol. The van der Waals surface area contributed by atoms with Crippen molar-refractivity contribution < 1.29 is 18.7 Å². The Morgan fingerprint density at radius 2 is 2.20 bits per heavy atom. The lowest BCUT2D eigenvalue weighted by molar-refractivity contribution is 0.0248. The van der Waals surface area contributed by atoms with Gasteiger partial charge in [0, 0.05) is 13.6 Å². The van der Waals surface area contributed by atoms with E-state index in [0.717, 1.165) is 11.0 Å². The van der Waals surface area contributed by atoms with Gasteiger partial charge in [-0.25, -0.2) is 8.78 Å². The Morgan fingerprint density at radius 1 is 1.50 bits per heavy atom. The van der Waals surface area contributed by atoms with Crippen LogP contribution in [0.5, 0.6) is 0 Å². The van der Waals surface area contributed by atoms with Crippen molar-refractivity contribution in [3.8, 4) is 0 Å². The summed E-state index contributed by atoms with van der Waals surface area (Å²) in [5.74, 6) is -2.50. The van der Waals surface area contributed by atoms with Crippen molar-refractivity contribution in [3.05, 3.63) is 34.9 Å². The van der Waals surface area contributed by atoms with Crippen molar-refractivity contribution in [2.45, 2.75) is 18.9 Å². The van der Waals surface area contributed by atoms with E-state index in [0.29, 0.717) is 19.5 Å². The molecule has 1 unspecified atom stereocenters. The molecule has 20 heavy (non-hydrogen) atoms. The molecule has 1 aromatic carbocycles. The number of nitrogens with zero attached hydrogens (tertiary/aromatic N) is 1. The molecule has 0 saturated carbocycles. The molecule has 110 valence electrons. The molecule has 0 spiro atoms. The van der Waals surface area contributed by atoms with Crippen molar-refractivity contribution in [2.75, 3.05) is 26.7 Å². The molecule has 0 radical (unpaired) electrons. The van der Waals surface area contributed by atoms with Gasteiger partial charge in [-0.2, -0.15) is 0 Å². The van der Waals surface area contributed by atoms with Crippen LogP contribution in [0, 0.1) is 18.6 Å². The SMILES string of the molecule is Cc1ccc(F)c(C(=O)N(C)CC2(O)CCNC2)c1F. The first-order valence-corrected chi connectivity index (χ1v) is 6.47. The number of nitrogens with one attached hydrogen (secondary N) is 1. The maximum absolute atomic E-state index is 13.9. The second kappa shape index (κ2) is 5.46. The molecule has 1 amide bonds. The van der Waals surface area contributed by atoms with Crippen molar-refractivity contribution in [3.63, 3.8) is 0 Å². The van der Waals surface area contributed by atoms with Crippen LogP contribution in [0.25, 0.3) is 0 Å². The highest BCUT2D eigenvalue weighted by Crippen LogP contribution is 2.20. The summed E-state index contributed by atoms with van der Waals surface area (Å²) in [6, 6.07) is 2.36. The highest BCUT2D eigenvalue weighted by molar-refractivity contribution is 5.94. The zero-order valence-corrected chi connectivity index (χ0v) is 11.5. The second-order valence-corrected chi connectivity index (χ2v) is 5.37. The summed E-state index contributed by atoms with van der Waals surface area (Å²) >= 11 is 0. The monoisotopic (exact) mass is 284 g/mol. The first kappa shape index (κ1) is 14.9. The van der Waals surface area contributed by atoms with E-state index < -0.39 is 28.7 Å². The van der Waals surface area contributed by atoms with Gasteiger partial charge >= 0.3 is 0 Å². The molecule has 1 heterocycles. The molecular weight excluding hydrogens is 266 g/mol. The fourth-order valence-electron chi connectivity index (χ4n) is 2.42. The van der Waals surface area contributed by atoms with Crippen LogP contribution < -0.4 is 5.32 Å². The molecule has 0 bridgehead atoms. The number of carbonyl (C=O) groups excluding carboxylic acids is 1. The van der Waals surface area contributed by atoms with Crippen molar-refractivity contribution in [2.24, 2.45) is 0 Å². The van der Waals surface area contributed by atoms with Gasteiger partial charge in [-0.15, -0.1) is 0 Å². The summed E-state index contributed by atoms with van der Waals surface area (Å²) in [5.41, 5.74) is -1.40. The molecule has 6 heteroatoms. The number of carbonyl (C=O) groups is 1. The normalized spacial score (nSPS) is 22.1. The van der Waals surface area contributed by atoms with Crippen molar-refractivity contribution in [1.29, 1.82) is 0 Å². The number of halogens is 2. The van der Waals surface area contributed by atoms with E-state index in [4.69, 9.17) is 0 Å². The number of β-amino-alcohol motifs (C(OH)–C–C–N with tert-alkyl or cyclic N) is 1. The molecule has 1 fully saturated rings. The van der Waals surface area contributed by atoms with Gasteiger partial charge in [0.15, 0.2) is 0 Å². The Bertz CT molecular complexity index is 528. The molecule has 1 aliphatic heterocycles. The van der Waals surface area contributed by atoms with Crippen molar-refractivity contribution in [1.82, 2.24) is 10.2 Å². The van der Waals surface area contributed by atoms with Gasteiger partial charge in [0.1, 0.15) is 17.2 Å². The average molecular weight is 284 g/mol. The Labute approximate surface area is 116 Å². The minimum absolute atomic E-state index is 0.0334. The van der Waals surface area contributed by atoms with Crippen LogP contribution in [0.3, 0.4) is 0 Å². The molecule has 4 nitrogen and oxygen atoms in total. The molecule has 1 aliphatic rings. The lowest BCUT2D eigenvalue weighted by Gasteiger charge is -2.28. The van der Waals surface area contributed by atoms with Gasteiger partial charge in [0.2, 0.25) is 0 Å². The number of hydrogen-bond donors (Lipinski definition) is 2. The minimum atomic E-state index is -1.04. The fourth-order valence-corrected chi connectivity index (χ4v) is 2.42. The number of aliphatic hydroxyl groups is 1. The smallest absolute Gasteiger partial charge is 0.259 e. The van der Waals surface area contributed by atoms with Crippen LogP contribution in [0.4, 0.5) is 8.78 Å². The highest BCUT2D eigenvalue weighted by Gasteiger charge is 2.34. The summed E-state index contributed by atoms with van der Waals surface area (Å²) < 4.78 is 27.6. The Balaban J connectivity index is 2.21. The lowest BCUT2D eigenvalue weighted by atomic mass is 10.0. The van der Waals surface area contributed by atoms with E-state index in [2.05, 4.69) is 5.32 Å². The fraction of sp³-hybridized carbons (Fsp3) is 0.500. The number of rotatable bonds is 3. The summed E-state index contributed by atoms with van der Waals surface area (Å²) in [4.78, 5) is 13.3. The molecule has 2 rings (SSSR count). The molecule has 1 saturated heterocycles. The number of benzene rings is 1. The Morgan fingerprint density at radius 3 is 2.80 bits per heavy atom. The van der Waals surface area contributed by atoms with Gasteiger partial charge in [0.05, 0.1) is 12.1 Å². The van der Waals surface area contributed by atoms with E-state index in [1.165, 1.54) is 20.0 Å². The molecule has 2 N–H and O–H groups in total. The first-order chi connectivity index (χ1) is 9.34. The summed E-state index contributed by atoms with van der Waals surface area (Å²) in [6.07, 6.45) is 0.503. The zero-order chi connectivity index (χ0) is 14.9. The van der Waals surface area contributed by atoms with Crippen LogP contribution in [-0.2, 0) is 0 Å². The van der Waals surface area contributed by atoms with E-state index in [-0.39, 0.29) is 12.1 Å². The minimum Gasteiger partial charge on any atom is -0.387 e. The molecule has 0 aromatic heterocycles. The standard InChI is InChI=1S/C14H18F2N2O2/c1-9-3-4-10(15)11(12(9)16)13(19)18(2)8-14(20)5-6-17-7-14/h3-4,17,20H,5-8H2,1-2H3. The highest BCUT2D eigenvalue weighted by atomic mass is 19.1. The van der Waals surface area contributed by atoms with Gasteiger partial charge in [0.25, 0.3) is 5.91 Å². The first-order valence-electron chi connectivity index (χ1n) is 6.47. The molecular formula is C14H18F2N2O2. The number of likely N-dealkylation sites (N-methyl/N-ethyl adjacent to an activating group) is 1. The van der Waals surface area contributed by atoms with Gasteiger partial charge in [-0.05, 0) is 31.5 Å². The van der Waals surface area contributed by atoms with Crippen LogP contribution in [-0.4, -0.2) is 48.2 Å². The predicted octanol–water partition coefficient (Wildman–Crippen LogP) is 1.07. The maximum Gasteiger partial charge on any atom is 0.259 e. The number of amides is 1. The largest absolute Gasteiger partial charge is 0.387 e. The quantitative estimate of drug-likeness (QED) is 0.873. The van der Waals surface area contributed by atoms with E-state index in [1.807, 2.05) is 0 Å². The summed E-state index contributed by atoms with van der Waals surface area (Å²) in [5, 5.41) is 13.2. The number of hydrogen-bond acceptors (Lipinski definition) is 3. The Kier molecular flexibility index (Phi) is 4.06. The van der Waals surface area contributed by atoms with E-state index >= 15 is 0 Å². The summed E-state index contributed by atoms with van der Waals surface area (Å²) in [7, 11) is 1.43. The third kappa shape index (κ3) is 2.81. The van der Waals surface area contributed by atoms with Crippen molar-refractivity contribution >= 4 is 5.91 Å². The molecule has 0 aliphatic carbocycles. The number of aryl methyl sites for hydroxylation is 1. The van der Waals surface area contributed by atoms with Gasteiger partial charge in [-0.3, -0.25) is 4.79 Å². The van der Waals surface area contributed by atoms with Crippen LogP contribution in [0.15, 0.2) is 12.1 Å². The second-order valence-electron chi connectivity index (χ2n) is 5.37. The van der Waals surface area contributed by atoms with Gasteiger partial charge < -0.3 is 15.3 Å². The van der Waals surface area contributed by atoms with Crippen LogP contribution in [0.2, 0.25) is 0 Å². The third-order valence-corrected chi connectivity index (χ3v) is 3.60. The lowest BCUT2D eigenvalue weighted by Crippen LogP contribution is -2.45. The molecule has 1 atom stereocenters. The topological polar surface area (TPSA) is 52.6 Å². The van der Waals surface area contributed by atoms with Gasteiger partial charge in [-0.1, -0.05) is 6.07 Å². The Hall–Kier alpha value is -1.53.